The van der Waals surface area contributed by atoms with Crippen LogP contribution in [-0.4, -0.2) is 18.8 Å². The van der Waals surface area contributed by atoms with Crippen molar-refractivity contribution in [3.05, 3.63) is 28.3 Å². The van der Waals surface area contributed by atoms with Crippen molar-refractivity contribution in [1.82, 2.24) is 0 Å². The van der Waals surface area contributed by atoms with Crippen LogP contribution in [0.3, 0.4) is 0 Å². The van der Waals surface area contributed by atoms with Gasteiger partial charge in [-0.2, -0.15) is 0 Å². The molecule has 1 saturated carbocycles. The molecule has 1 unspecified atom stereocenters. The zero-order chi connectivity index (χ0) is 12.8. The molecule has 0 saturated heterocycles. The van der Waals surface area contributed by atoms with Gasteiger partial charge in [-0.15, -0.1) is 0 Å². The number of aliphatic hydroxyl groups is 1. The van der Waals surface area contributed by atoms with Crippen LogP contribution in [0.5, 0.6) is 5.75 Å². The highest BCUT2D eigenvalue weighted by atomic mass is 35.5. The predicted octanol–water partition coefficient (Wildman–Crippen LogP) is 3.32. The summed E-state index contributed by atoms with van der Waals surface area (Å²) in [6, 6.07) is 3.82. The van der Waals surface area contributed by atoms with Crippen LogP contribution < -0.4 is 4.74 Å². The molecule has 1 aliphatic rings. The second-order valence-corrected chi connectivity index (χ2v) is 6.04. The summed E-state index contributed by atoms with van der Waals surface area (Å²) in [5, 5.41) is 10.5. The molecular formula is C14H19ClO2. The van der Waals surface area contributed by atoms with E-state index in [9.17, 15) is 5.11 Å². The molecule has 2 rings (SSSR count). The van der Waals surface area contributed by atoms with E-state index in [1.807, 2.05) is 19.1 Å². The first kappa shape index (κ1) is 12.7. The van der Waals surface area contributed by atoms with Crippen LogP contribution in [0.2, 0.25) is 5.02 Å². The lowest BCUT2D eigenvalue weighted by molar-refractivity contribution is 0.227. The normalized spacial score (nSPS) is 25.8. The van der Waals surface area contributed by atoms with Crippen molar-refractivity contribution in [2.45, 2.75) is 32.6 Å². The Morgan fingerprint density at radius 3 is 2.41 bits per heavy atom. The Bertz CT molecular complexity index is 454. The summed E-state index contributed by atoms with van der Waals surface area (Å²) in [7, 11) is 1.67. The highest BCUT2D eigenvalue weighted by Gasteiger charge is 2.62. The number of aliphatic hydroxyl groups excluding tert-OH is 1. The molecule has 0 amide bonds. The van der Waals surface area contributed by atoms with Crippen LogP contribution in [0.4, 0.5) is 0 Å². The van der Waals surface area contributed by atoms with Gasteiger partial charge in [0.05, 0.1) is 13.7 Å². The summed E-state index contributed by atoms with van der Waals surface area (Å²) in [6.07, 6.45) is 0.965. The minimum absolute atomic E-state index is 0.103. The van der Waals surface area contributed by atoms with Crippen molar-refractivity contribution < 1.29 is 9.84 Å². The Kier molecular flexibility index (Phi) is 2.91. The molecule has 1 aliphatic carbocycles. The van der Waals surface area contributed by atoms with Crippen LogP contribution in [0.15, 0.2) is 12.1 Å². The first-order valence-electron chi connectivity index (χ1n) is 5.83. The van der Waals surface area contributed by atoms with Gasteiger partial charge in [-0.05, 0) is 36.5 Å². The van der Waals surface area contributed by atoms with Gasteiger partial charge >= 0.3 is 0 Å². The van der Waals surface area contributed by atoms with E-state index in [0.29, 0.717) is 5.02 Å². The van der Waals surface area contributed by atoms with Crippen molar-refractivity contribution in [2.24, 2.45) is 5.41 Å². The van der Waals surface area contributed by atoms with Gasteiger partial charge < -0.3 is 9.84 Å². The quantitative estimate of drug-likeness (QED) is 0.897. The second kappa shape index (κ2) is 3.89. The van der Waals surface area contributed by atoms with Gasteiger partial charge in [-0.25, -0.2) is 0 Å². The fourth-order valence-corrected chi connectivity index (χ4v) is 3.15. The molecule has 1 aromatic carbocycles. The number of benzene rings is 1. The average Bonchev–Trinajstić information content (AvgIpc) is 2.81. The first-order chi connectivity index (χ1) is 7.88. The Morgan fingerprint density at radius 2 is 2.00 bits per heavy atom. The molecule has 2 nitrogen and oxygen atoms in total. The predicted molar refractivity (Wildman–Crippen MR) is 69.9 cm³/mol. The molecule has 94 valence electrons. The third-order valence-corrected chi connectivity index (χ3v) is 4.36. The third-order valence-electron chi connectivity index (χ3n) is 4.14. The number of halogens is 1. The molecule has 1 atom stereocenters. The van der Waals surface area contributed by atoms with Crippen molar-refractivity contribution in [1.29, 1.82) is 0 Å². The van der Waals surface area contributed by atoms with Gasteiger partial charge in [0.25, 0.3) is 0 Å². The highest BCUT2D eigenvalue weighted by molar-refractivity contribution is 6.30. The van der Waals surface area contributed by atoms with Gasteiger partial charge in [-0.1, -0.05) is 25.4 Å². The topological polar surface area (TPSA) is 29.5 Å². The van der Waals surface area contributed by atoms with E-state index in [1.54, 1.807) is 7.11 Å². The SMILES string of the molecule is COc1c(C)cc(Cl)cc1C1(CO)CC1(C)C. The summed E-state index contributed by atoms with van der Waals surface area (Å²) in [4.78, 5) is 0. The molecule has 0 heterocycles. The Morgan fingerprint density at radius 1 is 1.41 bits per heavy atom. The van der Waals surface area contributed by atoms with Crippen molar-refractivity contribution in [3.8, 4) is 5.75 Å². The lowest BCUT2D eigenvalue weighted by atomic mass is 9.87. The van der Waals surface area contributed by atoms with E-state index in [2.05, 4.69) is 13.8 Å². The standard InChI is InChI=1S/C14H19ClO2/c1-9-5-10(15)6-11(12(9)17-4)14(8-16)7-13(14,2)3/h5-6,16H,7-8H2,1-4H3. The molecule has 17 heavy (non-hydrogen) atoms. The van der Waals surface area contributed by atoms with Gasteiger partial charge in [0.15, 0.2) is 0 Å². The van der Waals surface area contributed by atoms with Gasteiger partial charge in [-0.3, -0.25) is 0 Å². The number of methoxy groups -OCH3 is 1. The fourth-order valence-electron chi connectivity index (χ4n) is 2.88. The smallest absolute Gasteiger partial charge is 0.125 e. The molecule has 3 heteroatoms. The van der Waals surface area contributed by atoms with Crippen molar-refractivity contribution >= 4 is 11.6 Å². The van der Waals surface area contributed by atoms with E-state index in [0.717, 1.165) is 23.3 Å². The number of rotatable bonds is 3. The van der Waals surface area contributed by atoms with Crippen LogP contribution in [0.25, 0.3) is 0 Å². The largest absolute Gasteiger partial charge is 0.496 e. The molecule has 1 fully saturated rings. The Balaban J connectivity index is 2.59. The molecule has 0 bridgehead atoms. The first-order valence-corrected chi connectivity index (χ1v) is 6.21. The lowest BCUT2D eigenvalue weighted by Gasteiger charge is -2.22. The zero-order valence-electron chi connectivity index (χ0n) is 10.8. The van der Waals surface area contributed by atoms with E-state index in [-0.39, 0.29) is 17.4 Å². The summed E-state index contributed by atoms with van der Waals surface area (Å²) in [5.74, 6) is 0.856. The molecule has 0 radical (unpaired) electrons. The van der Waals surface area contributed by atoms with E-state index in [1.165, 1.54) is 0 Å². The van der Waals surface area contributed by atoms with Crippen LogP contribution in [-0.2, 0) is 5.41 Å². The van der Waals surface area contributed by atoms with Crippen LogP contribution in [0, 0.1) is 12.3 Å². The van der Waals surface area contributed by atoms with E-state index in [4.69, 9.17) is 16.3 Å². The number of hydrogen-bond acceptors (Lipinski definition) is 2. The minimum Gasteiger partial charge on any atom is -0.496 e. The lowest BCUT2D eigenvalue weighted by Crippen LogP contribution is -2.20. The monoisotopic (exact) mass is 254 g/mol. The van der Waals surface area contributed by atoms with Gasteiger partial charge in [0.2, 0.25) is 0 Å². The van der Waals surface area contributed by atoms with E-state index < -0.39 is 0 Å². The third kappa shape index (κ3) is 1.74. The second-order valence-electron chi connectivity index (χ2n) is 5.60. The van der Waals surface area contributed by atoms with Crippen molar-refractivity contribution in [3.63, 3.8) is 0 Å². The zero-order valence-corrected chi connectivity index (χ0v) is 11.6. The summed E-state index contributed by atoms with van der Waals surface area (Å²) < 4.78 is 5.48. The molecule has 1 aromatic rings. The number of ether oxygens (including phenoxy) is 1. The fraction of sp³-hybridized carbons (Fsp3) is 0.571. The minimum atomic E-state index is -0.200. The summed E-state index contributed by atoms with van der Waals surface area (Å²) in [5.41, 5.74) is 1.96. The summed E-state index contributed by atoms with van der Waals surface area (Å²) in [6.45, 7) is 6.45. The average molecular weight is 255 g/mol. The number of aryl methyl sites for hydroxylation is 1. The molecule has 0 aliphatic heterocycles. The summed E-state index contributed by atoms with van der Waals surface area (Å²) >= 11 is 6.13. The Hall–Kier alpha value is -0.730. The molecular weight excluding hydrogens is 236 g/mol. The molecule has 0 spiro atoms. The number of hydrogen-bond donors (Lipinski definition) is 1. The van der Waals surface area contributed by atoms with Crippen molar-refractivity contribution in [2.75, 3.05) is 13.7 Å². The maximum atomic E-state index is 9.75. The maximum absolute atomic E-state index is 9.75. The van der Waals surface area contributed by atoms with Crippen LogP contribution >= 0.6 is 11.6 Å². The van der Waals surface area contributed by atoms with Crippen LogP contribution in [0.1, 0.15) is 31.4 Å². The molecule has 1 N–H and O–H groups in total. The molecule has 0 aromatic heterocycles. The highest BCUT2D eigenvalue weighted by Crippen LogP contribution is 2.65. The van der Waals surface area contributed by atoms with Gasteiger partial charge in [0.1, 0.15) is 5.75 Å². The Labute approximate surface area is 108 Å². The van der Waals surface area contributed by atoms with E-state index >= 15 is 0 Å². The van der Waals surface area contributed by atoms with Gasteiger partial charge in [0, 0.05) is 16.0 Å². The maximum Gasteiger partial charge on any atom is 0.125 e.